The van der Waals surface area contributed by atoms with Crippen LogP contribution < -0.4 is 20.5 Å². The first-order valence-corrected chi connectivity index (χ1v) is 10.3. The number of nitrogen functional groups attached to an aromatic ring is 1. The highest BCUT2D eigenvalue weighted by Gasteiger charge is 2.21. The average molecular weight is 466 g/mol. The monoisotopic (exact) mass is 466 g/mol. The van der Waals surface area contributed by atoms with Gasteiger partial charge in [0.25, 0.3) is 5.91 Å². The Bertz CT molecular complexity index is 1360. The van der Waals surface area contributed by atoms with Crippen LogP contribution in [0.3, 0.4) is 0 Å². The van der Waals surface area contributed by atoms with Crippen molar-refractivity contribution in [3.05, 3.63) is 64.9 Å². The molecule has 176 valence electrons. The number of hydrogen-bond donors (Lipinski definition) is 2. The van der Waals surface area contributed by atoms with Gasteiger partial charge in [-0.15, -0.1) is 5.10 Å². The van der Waals surface area contributed by atoms with Crippen LogP contribution in [0.5, 0.6) is 11.5 Å². The molecule has 0 radical (unpaired) electrons. The van der Waals surface area contributed by atoms with Crippen LogP contribution in [0.2, 0.25) is 0 Å². The lowest BCUT2D eigenvalue weighted by atomic mass is 10.2. The lowest BCUT2D eigenvalue weighted by Gasteiger charge is -2.07. The predicted octanol–water partition coefficient (Wildman–Crippen LogP) is 3.59. The largest absolute Gasteiger partial charge is 0.493 e. The number of nitrogens with zero attached hydrogens (tertiary/aromatic N) is 4. The first-order valence-electron chi connectivity index (χ1n) is 10.3. The van der Waals surface area contributed by atoms with Gasteiger partial charge in [-0.3, -0.25) is 4.79 Å². The molecule has 0 spiro atoms. The van der Waals surface area contributed by atoms with Gasteiger partial charge in [-0.05, 0) is 49.7 Å². The van der Waals surface area contributed by atoms with E-state index in [4.69, 9.17) is 19.6 Å². The van der Waals surface area contributed by atoms with Gasteiger partial charge >= 0.3 is 0 Å². The van der Waals surface area contributed by atoms with Crippen molar-refractivity contribution in [2.45, 2.75) is 20.4 Å². The number of ether oxygens (including phenoxy) is 2. The second-order valence-electron chi connectivity index (χ2n) is 7.49. The van der Waals surface area contributed by atoms with Crippen molar-refractivity contribution in [3.8, 4) is 23.0 Å². The molecule has 0 aliphatic heterocycles. The number of oxazole rings is 1. The summed E-state index contributed by atoms with van der Waals surface area (Å²) in [5, 5.41) is 10.5. The van der Waals surface area contributed by atoms with Crippen LogP contribution in [-0.2, 0) is 6.54 Å². The maximum atomic E-state index is 13.5. The molecule has 3 N–H and O–H groups in total. The molecular weight excluding hydrogens is 443 g/mol. The summed E-state index contributed by atoms with van der Waals surface area (Å²) in [4.78, 5) is 17.2. The number of rotatable bonds is 7. The molecule has 4 rings (SSSR count). The first-order chi connectivity index (χ1) is 16.3. The fraction of sp³-hybridized carbons (Fsp3) is 0.217. The lowest BCUT2D eigenvalue weighted by molar-refractivity contribution is 0.102. The Morgan fingerprint density at radius 3 is 2.65 bits per heavy atom. The molecule has 11 heteroatoms. The molecule has 0 bridgehead atoms. The van der Waals surface area contributed by atoms with Gasteiger partial charge in [0.15, 0.2) is 23.0 Å². The summed E-state index contributed by atoms with van der Waals surface area (Å²) in [6.07, 6.45) is 0. The number of halogens is 1. The van der Waals surface area contributed by atoms with Crippen LogP contribution in [0, 0.1) is 19.7 Å². The third kappa shape index (κ3) is 4.40. The first kappa shape index (κ1) is 22.8. The van der Waals surface area contributed by atoms with Crippen molar-refractivity contribution in [3.63, 3.8) is 0 Å². The molecule has 34 heavy (non-hydrogen) atoms. The van der Waals surface area contributed by atoms with Gasteiger partial charge in [0.1, 0.15) is 17.3 Å². The van der Waals surface area contributed by atoms with Gasteiger partial charge < -0.3 is 24.9 Å². The molecule has 1 amide bonds. The van der Waals surface area contributed by atoms with Gasteiger partial charge in [-0.2, -0.15) is 0 Å². The van der Waals surface area contributed by atoms with Crippen LogP contribution in [-0.4, -0.2) is 40.1 Å². The minimum absolute atomic E-state index is 0.0432. The average Bonchev–Trinajstić information content (AvgIpc) is 3.38. The van der Waals surface area contributed by atoms with E-state index in [1.54, 1.807) is 52.3 Å². The van der Waals surface area contributed by atoms with Crippen molar-refractivity contribution in [2.24, 2.45) is 0 Å². The highest BCUT2D eigenvalue weighted by atomic mass is 19.1. The number of carbonyl (C=O) groups excluding carboxylic acids is 1. The minimum Gasteiger partial charge on any atom is -0.493 e. The molecule has 2 heterocycles. The van der Waals surface area contributed by atoms with E-state index in [0.29, 0.717) is 45.7 Å². The number of methoxy groups -OCH3 is 2. The highest BCUT2D eigenvalue weighted by molar-refractivity contribution is 6.06. The number of nitrogens with one attached hydrogen (secondary N) is 1. The molecule has 0 saturated carbocycles. The summed E-state index contributed by atoms with van der Waals surface area (Å²) < 4.78 is 31.3. The molecule has 2 aromatic heterocycles. The normalized spacial score (nSPS) is 10.9. The lowest BCUT2D eigenvalue weighted by Crippen LogP contribution is -2.16. The molecule has 0 saturated heterocycles. The third-order valence-electron chi connectivity index (χ3n) is 5.26. The van der Waals surface area contributed by atoms with Gasteiger partial charge in [0.05, 0.1) is 20.8 Å². The Morgan fingerprint density at radius 1 is 1.15 bits per heavy atom. The standard InChI is InChI=1S/C23H23FN6O4/c1-12-5-7-15(24)10-16(12)26-22(31)20-21(25)30(29-28-20)11-17-13(2)34-23(27-17)14-6-8-18(32-3)19(9-14)33-4/h5-10H,11,25H2,1-4H3,(H,26,31). The van der Waals surface area contributed by atoms with Crippen LogP contribution in [0.25, 0.3) is 11.5 Å². The predicted molar refractivity (Wildman–Crippen MR) is 122 cm³/mol. The van der Waals surface area contributed by atoms with Gasteiger partial charge in [0.2, 0.25) is 5.89 Å². The molecule has 0 unspecified atom stereocenters. The zero-order valence-corrected chi connectivity index (χ0v) is 19.0. The number of nitrogens with two attached hydrogens (primary N) is 1. The fourth-order valence-corrected chi connectivity index (χ4v) is 3.32. The molecule has 10 nitrogen and oxygen atoms in total. The summed E-state index contributed by atoms with van der Waals surface area (Å²) >= 11 is 0. The molecule has 0 aliphatic rings. The van der Waals surface area contributed by atoms with Crippen LogP contribution in [0.1, 0.15) is 27.5 Å². The summed E-state index contributed by atoms with van der Waals surface area (Å²) in [7, 11) is 3.10. The zero-order chi connectivity index (χ0) is 24.4. The molecule has 4 aromatic rings. The van der Waals surface area contributed by atoms with Crippen molar-refractivity contribution in [1.29, 1.82) is 0 Å². The summed E-state index contributed by atoms with van der Waals surface area (Å²) in [6, 6.07) is 9.42. The second kappa shape index (κ2) is 9.22. The van der Waals surface area contributed by atoms with Gasteiger partial charge in [-0.25, -0.2) is 14.1 Å². The van der Waals surface area contributed by atoms with Gasteiger partial charge in [-0.1, -0.05) is 11.3 Å². The third-order valence-corrected chi connectivity index (χ3v) is 5.26. The number of hydrogen-bond acceptors (Lipinski definition) is 8. The summed E-state index contributed by atoms with van der Waals surface area (Å²) in [5.74, 6) is 1.05. The molecule has 0 atom stereocenters. The summed E-state index contributed by atoms with van der Waals surface area (Å²) in [6.45, 7) is 3.65. The van der Waals surface area contributed by atoms with E-state index in [9.17, 15) is 9.18 Å². The van der Waals surface area contributed by atoms with Crippen LogP contribution >= 0.6 is 0 Å². The van der Waals surface area contributed by atoms with Crippen molar-refractivity contribution in [2.75, 3.05) is 25.3 Å². The van der Waals surface area contributed by atoms with E-state index < -0.39 is 11.7 Å². The van der Waals surface area contributed by atoms with Gasteiger partial charge in [0, 0.05) is 11.3 Å². The Labute approximate surface area is 194 Å². The minimum atomic E-state index is -0.597. The molecule has 0 fully saturated rings. The molecular formula is C23H23FN6O4. The topological polar surface area (TPSA) is 130 Å². The maximum Gasteiger partial charge on any atom is 0.280 e. The smallest absolute Gasteiger partial charge is 0.280 e. The zero-order valence-electron chi connectivity index (χ0n) is 19.0. The number of aromatic nitrogens is 4. The number of anilines is 2. The second-order valence-corrected chi connectivity index (χ2v) is 7.49. The summed E-state index contributed by atoms with van der Waals surface area (Å²) in [5.41, 5.74) is 8.33. The van der Waals surface area contributed by atoms with E-state index in [0.717, 1.165) is 0 Å². The van der Waals surface area contributed by atoms with E-state index >= 15 is 0 Å². The Balaban J connectivity index is 1.55. The number of amides is 1. The highest BCUT2D eigenvalue weighted by Crippen LogP contribution is 2.32. The van der Waals surface area contributed by atoms with E-state index in [1.807, 2.05) is 0 Å². The number of aryl methyl sites for hydroxylation is 2. The van der Waals surface area contributed by atoms with Crippen molar-refractivity contribution in [1.82, 2.24) is 20.0 Å². The van der Waals surface area contributed by atoms with E-state index in [2.05, 4.69) is 20.6 Å². The molecule has 0 aliphatic carbocycles. The van der Waals surface area contributed by atoms with E-state index in [1.165, 1.54) is 16.8 Å². The SMILES string of the molecule is COc1ccc(-c2nc(Cn3nnc(C(=O)Nc4cc(F)ccc4C)c3N)c(C)o2)cc1OC. The van der Waals surface area contributed by atoms with E-state index in [-0.39, 0.29) is 18.1 Å². The quantitative estimate of drug-likeness (QED) is 0.423. The number of carbonyl (C=O) groups is 1. The van der Waals surface area contributed by atoms with Crippen molar-refractivity contribution >= 4 is 17.4 Å². The Kier molecular flexibility index (Phi) is 6.17. The van der Waals surface area contributed by atoms with Crippen molar-refractivity contribution < 1.29 is 23.1 Å². The fourth-order valence-electron chi connectivity index (χ4n) is 3.32. The molecule has 2 aromatic carbocycles. The van der Waals surface area contributed by atoms with Crippen LogP contribution in [0.4, 0.5) is 15.9 Å². The number of benzene rings is 2. The van der Waals surface area contributed by atoms with Crippen LogP contribution in [0.15, 0.2) is 40.8 Å². The maximum absolute atomic E-state index is 13.5. The Morgan fingerprint density at radius 2 is 1.91 bits per heavy atom. The Hall–Kier alpha value is -4.41.